The molecule has 2 aliphatic heterocycles. The molecule has 8 heteroatoms. The minimum absolute atomic E-state index is 0.0625. The van der Waals surface area contributed by atoms with Crippen LogP contribution in [0.5, 0.6) is 0 Å². The highest BCUT2D eigenvalue weighted by atomic mass is 32.1. The molecule has 7 nitrogen and oxygen atoms in total. The van der Waals surface area contributed by atoms with Crippen LogP contribution in [0.2, 0.25) is 0 Å². The van der Waals surface area contributed by atoms with E-state index in [4.69, 9.17) is 4.74 Å². The van der Waals surface area contributed by atoms with Gasteiger partial charge < -0.3 is 15.2 Å². The number of carbonyl (C=O) groups is 3. The van der Waals surface area contributed by atoms with Crippen molar-refractivity contribution in [3.63, 3.8) is 0 Å². The van der Waals surface area contributed by atoms with Crippen LogP contribution in [0.4, 0.5) is 0 Å². The Morgan fingerprint density at radius 3 is 2.67 bits per heavy atom. The zero-order valence-electron chi connectivity index (χ0n) is 22.3. The second kappa shape index (κ2) is 11.8. The Bertz CT molecular complexity index is 1040. The van der Waals surface area contributed by atoms with Gasteiger partial charge in [-0.05, 0) is 70.9 Å². The molecule has 0 aliphatic carbocycles. The second-order valence-corrected chi connectivity index (χ2v) is 11.9. The van der Waals surface area contributed by atoms with Crippen LogP contribution >= 0.6 is 11.3 Å². The van der Waals surface area contributed by atoms with E-state index in [1.807, 2.05) is 32.2 Å². The molecule has 0 radical (unpaired) electrons. The number of esters is 1. The third kappa shape index (κ3) is 6.71. The lowest BCUT2D eigenvalue weighted by Gasteiger charge is -2.33. The molecule has 0 saturated carbocycles. The Morgan fingerprint density at radius 1 is 1.28 bits per heavy atom. The molecule has 3 rings (SSSR count). The predicted molar refractivity (Wildman–Crippen MR) is 141 cm³/mol. The SMILES string of the molecule is C/C1=C/C[C@@H](/C(C)=C/c2csc(C)n2)NC(=O)C[C@H]2OC(=O)C[C@@]2(C)C(=O)[C@H](C)[C@@H](O)[C@@H](C)CCC1. The molecule has 1 saturated heterocycles. The molecule has 2 aliphatic rings. The maximum atomic E-state index is 13.5. The van der Waals surface area contributed by atoms with E-state index in [1.165, 1.54) is 5.57 Å². The minimum atomic E-state index is -1.15. The first-order chi connectivity index (χ1) is 16.9. The van der Waals surface area contributed by atoms with Crippen molar-refractivity contribution < 1.29 is 24.2 Å². The number of nitrogens with zero attached hydrogens (tertiary/aromatic N) is 1. The maximum absolute atomic E-state index is 13.5. The molecular weight excluding hydrogens is 476 g/mol. The third-order valence-electron chi connectivity index (χ3n) is 7.77. The Morgan fingerprint density at radius 2 is 2.00 bits per heavy atom. The van der Waals surface area contributed by atoms with Gasteiger partial charge in [0.2, 0.25) is 5.91 Å². The molecule has 1 amide bonds. The number of allylic oxidation sites excluding steroid dienone is 1. The number of carbonyl (C=O) groups excluding carboxylic acids is 3. The molecule has 1 fully saturated rings. The highest BCUT2D eigenvalue weighted by Gasteiger charge is 2.53. The van der Waals surface area contributed by atoms with E-state index in [-0.39, 0.29) is 36.5 Å². The molecule has 36 heavy (non-hydrogen) atoms. The van der Waals surface area contributed by atoms with Crippen molar-refractivity contribution in [3.05, 3.63) is 33.3 Å². The highest BCUT2D eigenvalue weighted by molar-refractivity contribution is 7.09. The summed E-state index contributed by atoms with van der Waals surface area (Å²) in [5.74, 6) is -1.70. The first-order valence-electron chi connectivity index (χ1n) is 12.9. The van der Waals surface area contributed by atoms with E-state index in [2.05, 4.69) is 23.3 Å². The van der Waals surface area contributed by atoms with Crippen molar-refractivity contribution in [3.8, 4) is 0 Å². The molecule has 3 heterocycles. The number of amides is 1. The average molecular weight is 517 g/mol. The van der Waals surface area contributed by atoms with Gasteiger partial charge in [0.1, 0.15) is 11.9 Å². The Labute approximate surface area is 218 Å². The zero-order valence-corrected chi connectivity index (χ0v) is 23.1. The van der Waals surface area contributed by atoms with Gasteiger partial charge in [-0.25, -0.2) is 4.98 Å². The quantitative estimate of drug-likeness (QED) is 0.433. The summed E-state index contributed by atoms with van der Waals surface area (Å²) < 4.78 is 5.50. The zero-order chi connectivity index (χ0) is 26.6. The molecule has 0 bridgehead atoms. The lowest BCUT2D eigenvalue weighted by Crippen LogP contribution is -2.46. The third-order valence-corrected chi connectivity index (χ3v) is 8.56. The number of ketones is 1. The highest BCUT2D eigenvalue weighted by Crippen LogP contribution is 2.41. The normalized spacial score (nSPS) is 35.0. The van der Waals surface area contributed by atoms with Gasteiger partial charge in [0, 0.05) is 11.3 Å². The maximum Gasteiger partial charge on any atom is 0.307 e. The van der Waals surface area contributed by atoms with Crippen LogP contribution in [-0.4, -0.2) is 46.0 Å². The molecule has 1 aromatic heterocycles. The van der Waals surface area contributed by atoms with Gasteiger partial charge in [0.05, 0.1) is 41.1 Å². The van der Waals surface area contributed by atoms with Crippen molar-refractivity contribution in [2.24, 2.45) is 17.3 Å². The van der Waals surface area contributed by atoms with Crippen molar-refractivity contribution >= 4 is 35.1 Å². The summed E-state index contributed by atoms with van der Waals surface area (Å²) in [6.07, 6.45) is 5.49. The standard InChI is InChI=1S/C28H40N2O5S/c1-16-8-7-9-17(2)26(33)19(4)27(34)28(6)14-25(32)35-23(28)13-24(31)30-22(11-10-16)18(3)12-21-15-36-20(5)29-21/h10,12,15,17,19,22-23,26,33H,7-9,11,13-14H2,1-6H3,(H,30,31)/b16-10-,18-12+/t17-,19+,22-,23+,26-,28+/m0/s1. The van der Waals surface area contributed by atoms with Gasteiger partial charge in [-0.15, -0.1) is 11.3 Å². The lowest BCUT2D eigenvalue weighted by molar-refractivity contribution is -0.145. The molecule has 0 spiro atoms. The summed E-state index contributed by atoms with van der Waals surface area (Å²) in [4.78, 5) is 43.5. The van der Waals surface area contributed by atoms with Gasteiger partial charge in [-0.1, -0.05) is 25.5 Å². The summed E-state index contributed by atoms with van der Waals surface area (Å²) in [5.41, 5.74) is 1.91. The Balaban J connectivity index is 1.91. The van der Waals surface area contributed by atoms with Crippen LogP contribution in [0.1, 0.15) is 83.8 Å². The number of aliphatic hydroxyl groups excluding tert-OH is 1. The molecular formula is C28H40N2O5S. The number of rotatable bonds is 2. The van der Waals surface area contributed by atoms with Gasteiger partial charge in [-0.2, -0.15) is 0 Å². The number of aromatic nitrogens is 1. The van der Waals surface area contributed by atoms with E-state index in [0.717, 1.165) is 35.5 Å². The van der Waals surface area contributed by atoms with Crippen LogP contribution in [-0.2, 0) is 19.1 Å². The van der Waals surface area contributed by atoms with Crippen LogP contribution in [0.15, 0.2) is 22.6 Å². The van der Waals surface area contributed by atoms with Crippen molar-refractivity contribution in [1.82, 2.24) is 10.3 Å². The van der Waals surface area contributed by atoms with Gasteiger partial charge in [0.25, 0.3) is 0 Å². The number of nitrogens with one attached hydrogen (secondary N) is 1. The van der Waals surface area contributed by atoms with Gasteiger partial charge >= 0.3 is 5.97 Å². The second-order valence-electron chi connectivity index (χ2n) is 10.9. The van der Waals surface area contributed by atoms with Crippen molar-refractivity contribution in [2.45, 2.75) is 98.3 Å². The largest absolute Gasteiger partial charge is 0.461 e. The fourth-order valence-electron chi connectivity index (χ4n) is 5.28. The van der Waals surface area contributed by atoms with Crippen LogP contribution < -0.4 is 5.32 Å². The number of aliphatic hydroxyl groups is 1. The summed E-state index contributed by atoms with van der Waals surface area (Å²) in [6.45, 7) is 11.4. The van der Waals surface area contributed by atoms with Gasteiger partial charge in [0.15, 0.2) is 0 Å². The Kier molecular flexibility index (Phi) is 9.28. The Hall–Kier alpha value is -2.32. The van der Waals surface area contributed by atoms with Crippen molar-refractivity contribution in [1.29, 1.82) is 0 Å². The van der Waals surface area contributed by atoms with Crippen LogP contribution in [0.3, 0.4) is 0 Å². The van der Waals surface area contributed by atoms with E-state index in [0.29, 0.717) is 6.42 Å². The molecule has 1 aromatic rings. The van der Waals surface area contributed by atoms with Gasteiger partial charge in [-0.3, -0.25) is 14.4 Å². The molecule has 198 valence electrons. The lowest BCUT2D eigenvalue weighted by atomic mass is 9.71. The van der Waals surface area contributed by atoms with E-state index in [1.54, 1.807) is 25.2 Å². The summed E-state index contributed by atoms with van der Waals surface area (Å²) in [7, 11) is 0. The molecule has 0 unspecified atom stereocenters. The topological polar surface area (TPSA) is 106 Å². The molecule has 6 atom stereocenters. The number of fused-ring (bicyclic) bond motifs is 1. The number of hydrogen-bond donors (Lipinski definition) is 2. The minimum Gasteiger partial charge on any atom is -0.461 e. The smallest absolute Gasteiger partial charge is 0.307 e. The van der Waals surface area contributed by atoms with E-state index >= 15 is 0 Å². The monoisotopic (exact) mass is 516 g/mol. The first-order valence-corrected chi connectivity index (χ1v) is 13.8. The number of aryl methyl sites for hydroxylation is 1. The fourth-order valence-corrected chi connectivity index (χ4v) is 5.85. The van der Waals surface area contributed by atoms with Crippen LogP contribution in [0.25, 0.3) is 6.08 Å². The summed E-state index contributed by atoms with van der Waals surface area (Å²) in [5, 5.41) is 17.0. The number of hydrogen-bond acceptors (Lipinski definition) is 7. The summed E-state index contributed by atoms with van der Waals surface area (Å²) >= 11 is 1.58. The van der Waals surface area contributed by atoms with E-state index < -0.39 is 29.5 Å². The van der Waals surface area contributed by atoms with E-state index in [9.17, 15) is 19.5 Å². The molecule has 2 N–H and O–H groups in total. The average Bonchev–Trinajstić information content (AvgIpc) is 3.35. The number of Topliss-reactive ketones (excluding diaryl/α,β-unsaturated/α-hetero) is 1. The number of ether oxygens (including phenoxy) is 1. The predicted octanol–water partition coefficient (Wildman–Crippen LogP) is 4.77. The van der Waals surface area contributed by atoms with Crippen LogP contribution in [0, 0.1) is 24.2 Å². The first kappa shape index (κ1) is 28.3. The van der Waals surface area contributed by atoms with Crippen molar-refractivity contribution in [2.75, 3.05) is 0 Å². The summed E-state index contributed by atoms with van der Waals surface area (Å²) in [6, 6.07) is -0.249. The number of thiazole rings is 1. The molecule has 0 aromatic carbocycles. The fraction of sp³-hybridized carbons (Fsp3) is 0.643.